The van der Waals surface area contributed by atoms with E-state index < -0.39 is 0 Å². The second kappa shape index (κ2) is 8.20. The topological polar surface area (TPSA) is 28.4 Å². The van der Waals surface area contributed by atoms with E-state index in [-0.39, 0.29) is 0 Å². The van der Waals surface area contributed by atoms with E-state index in [9.17, 15) is 0 Å². The minimum absolute atomic E-state index is 0.884. The standard InChI is InChI=1S/C18H28N2O/c1-4-11-20(12-5-2)14-18-16(13-19-6-3)15-9-7-8-10-17(15)21-18/h7-10,19H,4-6,11-14H2,1-3H3. The molecule has 0 aliphatic carbocycles. The van der Waals surface area contributed by atoms with Crippen LogP contribution in [0.25, 0.3) is 11.0 Å². The van der Waals surface area contributed by atoms with Gasteiger partial charge in [-0.2, -0.15) is 0 Å². The summed E-state index contributed by atoms with van der Waals surface area (Å²) in [4.78, 5) is 2.49. The molecule has 0 unspecified atom stereocenters. The number of para-hydroxylation sites is 1. The Balaban J connectivity index is 2.27. The quantitative estimate of drug-likeness (QED) is 0.751. The van der Waals surface area contributed by atoms with Crippen LogP contribution in [0, 0.1) is 0 Å². The molecular formula is C18H28N2O. The van der Waals surface area contributed by atoms with Crippen LogP contribution < -0.4 is 5.32 Å². The number of furan rings is 1. The Morgan fingerprint density at radius 2 is 1.76 bits per heavy atom. The van der Waals surface area contributed by atoms with Crippen LogP contribution in [0.1, 0.15) is 44.9 Å². The summed E-state index contributed by atoms with van der Waals surface area (Å²) in [6.45, 7) is 11.7. The van der Waals surface area contributed by atoms with Crippen molar-refractivity contribution in [2.75, 3.05) is 19.6 Å². The molecule has 3 nitrogen and oxygen atoms in total. The van der Waals surface area contributed by atoms with Gasteiger partial charge in [-0.15, -0.1) is 0 Å². The van der Waals surface area contributed by atoms with Gasteiger partial charge < -0.3 is 9.73 Å². The smallest absolute Gasteiger partial charge is 0.134 e. The van der Waals surface area contributed by atoms with Crippen LogP contribution in [0.4, 0.5) is 0 Å². The van der Waals surface area contributed by atoms with Crippen LogP contribution >= 0.6 is 0 Å². The molecule has 21 heavy (non-hydrogen) atoms. The number of rotatable bonds is 9. The molecule has 0 spiro atoms. The normalized spacial score (nSPS) is 11.6. The van der Waals surface area contributed by atoms with Gasteiger partial charge >= 0.3 is 0 Å². The second-order valence-electron chi connectivity index (χ2n) is 5.56. The predicted octanol–water partition coefficient (Wildman–Crippen LogP) is 4.16. The minimum Gasteiger partial charge on any atom is -0.459 e. The summed E-state index contributed by atoms with van der Waals surface area (Å²) in [6, 6.07) is 8.37. The molecule has 0 saturated heterocycles. The Morgan fingerprint density at radius 1 is 1.05 bits per heavy atom. The van der Waals surface area contributed by atoms with E-state index in [2.05, 4.69) is 49.2 Å². The molecule has 1 heterocycles. The number of benzene rings is 1. The number of nitrogens with zero attached hydrogens (tertiary/aromatic N) is 1. The average molecular weight is 288 g/mol. The molecule has 0 aliphatic rings. The van der Waals surface area contributed by atoms with Crippen molar-refractivity contribution in [3.63, 3.8) is 0 Å². The van der Waals surface area contributed by atoms with E-state index in [1.807, 2.05) is 6.07 Å². The molecule has 2 rings (SSSR count). The van der Waals surface area contributed by atoms with E-state index in [0.29, 0.717) is 0 Å². The monoisotopic (exact) mass is 288 g/mol. The maximum absolute atomic E-state index is 6.14. The lowest BCUT2D eigenvalue weighted by atomic mass is 10.1. The average Bonchev–Trinajstić information content (AvgIpc) is 2.83. The van der Waals surface area contributed by atoms with Crippen LogP contribution in [0.2, 0.25) is 0 Å². The molecule has 0 bridgehead atoms. The fourth-order valence-corrected chi connectivity index (χ4v) is 2.83. The fourth-order valence-electron chi connectivity index (χ4n) is 2.83. The number of hydrogen-bond acceptors (Lipinski definition) is 3. The molecule has 0 fully saturated rings. The van der Waals surface area contributed by atoms with E-state index >= 15 is 0 Å². The molecule has 0 radical (unpaired) electrons. The maximum Gasteiger partial charge on any atom is 0.134 e. The van der Waals surface area contributed by atoms with Crippen molar-refractivity contribution in [1.82, 2.24) is 10.2 Å². The van der Waals surface area contributed by atoms with Gasteiger partial charge in [-0.3, -0.25) is 4.90 Å². The van der Waals surface area contributed by atoms with Gasteiger partial charge in [-0.05, 0) is 38.5 Å². The molecule has 0 aliphatic heterocycles. The van der Waals surface area contributed by atoms with Gasteiger partial charge in [0.1, 0.15) is 11.3 Å². The highest BCUT2D eigenvalue weighted by Gasteiger charge is 2.16. The second-order valence-corrected chi connectivity index (χ2v) is 5.56. The van der Waals surface area contributed by atoms with Gasteiger partial charge in [0.15, 0.2) is 0 Å². The first-order chi connectivity index (χ1) is 10.3. The van der Waals surface area contributed by atoms with Crippen molar-refractivity contribution in [3.8, 4) is 0 Å². The minimum atomic E-state index is 0.884. The van der Waals surface area contributed by atoms with Gasteiger partial charge in [-0.25, -0.2) is 0 Å². The summed E-state index contributed by atoms with van der Waals surface area (Å²) in [6.07, 6.45) is 2.37. The summed E-state index contributed by atoms with van der Waals surface area (Å²) in [7, 11) is 0. The van der Waals surface area contributed by atoms with Gasteiger partial charge in [0.05, 0.1) is 6.54 Å². The zero-order chi connectivity index (χ0) is 15.1. The van der Waals surface area contributed by atoms with Crippen LogP contribution in [0.3, 0.4) is 0 Å². The Hall–Kier alpha value is -1.32. The molecular weight excluding hydrogens is 260 g/mol. The molecule has 0 saturated carbocycles. The van der Waals surface area contributed by atoms with E-state index in [1.165, 1.54) is 23.8 Å². The van der Waals surface area contributed by atoms with Gasteiger partial charge in [-0.1, -0.05) is 39.0 Å². The van der Waals surface area contributed by atoms with E-state index in [4.69, 9.17) is 4.42 Å². The summed E-state index contributed by atoms with van der Waals surface area (Å²) in [5.41, 5.74) is 2.33. The Labute approximate surface area is 128 Å². The first-order valence-electron chi connectivity index (χ1n) is 8.22. The van der Waals surface area contributed by atoms with E-state index in [1.54, 1.807) is 0 Å². The van der Waals surface area contributed by atoms with Crippen molar-refractivity contribution >= 4 is 11.0 Å². The lowest BCUT2D eigenvalue weighted by molar-refractivity contribution is 0.245. The van der Waals surface area contributed by atoms with Crippen molar-refractivity contribution in [1.29, 1.82) is 0 Å². The molecule has 116 valence electrons. The first-order valence-corrected chi connectivity index (χ1v) is 8.22. The number of hydrogen-bond donors (Lipinski definition) is 1. The molecule has 1 aromatic carbocycles. The van der Waals surface area contributed by atoms with Gasteiger partial charge in [0.25, 0.3) is 0 Å². The van der Waals surface area contributed by atoms with Crippen LogP contribution in [-0.4, -0.2) is 24.5 Å². The SMILES string of the molecule is CCCN(CCC)Cc1oc2ccccc2c1CNCC. The summed E-state index contributed by atoms with van der Waals surface area (Å²) in [5.74, 6) is 1.12. The maximum atomic E-state index is 6.14. The largest absolute Gasteiger partial charge is 0.459 e. The Kier molecular flexibility index (Phi) is 6.27. The van der Waals surface area contributed by atoms with Crippen LogP contribution in [0.5, 0.6) is 0 Å². The molecule has 1 N–H and O–H groups in total. The lowest BCUT2D eigenvalue weighted by Crippen LogP contribution is -2.25. The van der Waals surface area contributed by atoms with Crippen molar-refractivity contribution in [2.45, 2.75) is 46.7 Å². The summed E-state index contributed by atoms with van der Waals surface area (Å²) in [5, 5.41) is 4.69. The molecule has 0 amide bonds. The Bertz CT molecular complexity index is 541. The van der Waals surface area contributed by atoms with Crippen molar-refractivity contribution in [3.05, 3.63) is 35.6 Å². The predicted molar refractivity (Wildman–Crippen MR) is 89.5 cm³/mol. The zero-order valence-electron chi connectivity index (χ0n) is 13.6. The number of nitrogens with one attached hydrogen (secondary N) is 1. The van der Waals surface area contributed by atoms with Crippen LogP contribution in [-0.2, 0) is 13.1 Å². The molecule has 3 heteroatoms. The summed E-state index contributed by atoms with van der Waals surface area (Å²) < 4.78 is 6.14. The third-order valence-corrected chi connectivity index (χ3v) is 3.78. The molecule has 1 aromatic heterocycles. The lowest BCUT2D eigenvalue weighted by Gasteiger charge is -2.20. The first kappa shape index (κ1) is 16.1. The van der Waals surface area contributed by atoms with Gasteiger partial charge in [0.2, 0.25) is 0 Å². The molecule has 2 aromatic rings. The molecule has 0 atom stereocenters. The van der Waals surface area contributed by atoms with Gasteiger partial charge in [0, 0.05) is 17.5 Å². The van der Waals surface area contributed by atoms with E-state index in [0.717, 1.165) is 44.1 Å². The summed E-state index contributed by atoms with van der Waals surface area (Å²) >= 11 is 0. The fraction of sp³-hybridized carbons (Fsp3) is 0.556. The Morgan fingerprint density at radius 3 is 2.43 bits per heavy atom. The zero-order valence-corrected chi connectivity index (χ0v) is 13.6. The third kappa shape index (κ3) is 4.08. The van der Waals surface area contributed by atoms with Crippen molar-refractivity contribution in [2.24, 2.45) is 0 Å². The van der Waals surface area contributed by atoms with Crippen molar-refractivity contribution < 1.29 is 4.42 Å². The number of fused-ring (bicyclic) bond motifs is 1. The van der Waals surface area contributed by atoms with Crippen LogP contribution in [0.15, 0.2) is 28.7 Å². The highest BCUT2D eigenvalue weighted by atomic mass is 16.3. The highest BCUT2D eigenvalue weighted by Crippen LogP contribution is 2.27. The highest BCUT2D eigenvalue weighted by molar-refractivity contribution is 5.82. The third-order valence-electron chi connectivity index (χ3n) is 3.78.